The molecule has 1 aliphatic heterocycles. The summed E-state index contributed by atoms with van der Waals surface area (Å²) in [6.07, 6.45) is 3.62. The van der Waals surface area contributed by atoms with Gasteiger partial charge in [-0.1, -0.05) is 6.07 Å². The number of aromatic nitrogens is 1. The lowest BCUT2D eigenvalue weighted by Crippen LogP contribution is -2.37. The molecule has 0 aromatic carbocycles. The summed E-state index contributed by atoms with van der Waals surface area (Å²) in [5.41, 5.74) is 0.907. The minimum absolute atomic E-state index is 0.159. The van der Waals surface area contributed by atoms with E-state index in [2.05, 4.69) is 15.6 Å². The highest BCUT2D eigenvalue weighted by molar-refractivity contribution is 5.78. The van der Waals surface area contributed by atoms with E-state index in [0.717, 1.165) is 31.6 Å². The number of carbonyl (C=O) groups excluding carboxylic acids is 1. The molecule has 1 aromatic rings. The van der Waals surface area contributed by atoms with Gasteiger partial charge in [-0.05, 0) is 38.1 Å². The van der Waals surface area contributed by atoms with Gasteiger partial charge in [-0.25, -0.2) is 0 Å². The number of nitrogens with one attached hydrogen (secondary N) is 2. The maximum absolute atomic E-state index is 11.8. The van der Waals surface area contributed by atoms with E-state index in [1.165, 1.54) is 0 Å². The van der Waals surface area contributed by atoms with Crippen molar-refractivity contribution in [1.29, 1.82) is 0 Å². The van der Waals surface area contributed by atoms with Crippen LogP contribution in [0.5, 0.6) is 0 Å². The number of amides is 1. The fraction of sp³-hybridized carbons (Fsp3) is 0.500. The molecule has 1 saturated heterocycles. The number of hydrogen-bond acceptors (Lipinski definition) is 3. The molecule has 0 aliphatic carbocycles. The van der Waals surface area contributed by atoms with Crippen LogP contribution in [0.25, 0.3) is 0 Å². The third-order valence-electron chi connectivity index (χ3n) is 2.88. The molecule has 0 radical (unpaired) electrons. The van der Waals surface area contributed by atoms with Gasteiger partial charge in [0, 0.05) is 12.1 Å². The van der Waals surface area contributed by atoms with Crippen LogP contribution in [0.15, 0.2) is 24.4 Å². The highest BCUT2D eigenvalue weighted by Gasteiger charge is 2.20. The lowest BCUT2D eigenvalue weighted by Gasteiger charge is -2.21. The first kappa shape index (κ1) is 11.1. The van der Waals surface area contributed by atoms with Gasteiger partial charge in [-0.3, -0.25) is 9.78 Å². The molecule has 1 aliphatic rings. The minimum Gasteiger partial charge on any atom is -0.350 e. The largest absolute Gasteiger partial charge is 0.350 e. The smallest absolute Gasteiger partial charge is 0.223 e. The van der Waals surface area contributed by atoms with Gasteiger partial charge in [0.15, 0.2) is 0 Å². The summed E-state index contributed by atoms with van der Waals surface area (Å²) in [5, 5.41) is 6.19. The van der Waals surface area contributed by atoms with Crippen LogP contribution >= 0.6 is 0 Å². The predicted octanol–water partition coefficient (Wildman–Crippen LogP) is 0.697. The van der Waals surface area contributed by atoms with Gasteiger partial charge < -0.3 is 10.6 Å². The van der Waals surface area contributed by atoms with Crippen LogP contribution in [0, 0.1) is 5.92 Å². The fourth-order valence-corrected chi connectivity index (χ4v) is 1.91. The average molecular weight is 219 g/mol. The monoisotopic (exact) mass is 219 g/mol. The van der Waals surface area contributed by atoms with Gasteiger partial charge in [-0.2, -0.15) is 0 Å². The lowest BCUT2D eigenvalue weighted by atomic mass is 9.97. The molecule has 0 atom stereocenters. The average Bonchev–Trinajstić information content (AvgIpc) is 2.38. The summed E-state index contributed by atoms with van der Waals surface area (Å²) in [5.74, 6) is 0.331. The van der Waals surface area contributed by atoms with Crippen LogP contribution in [0.3, 0.4) is 0 Å². The van der Waals surface area contributed by atoms with E-state index in [9.17, 15) is 4.79 Å². The zero-order valence-corrected chi connectivity index (χ0v) is 9.28. The van der Waals surface area contributed by atoms with E-state index in [1.54, 1.807) is 6.20 Å². The van der Waals surface area contributed by atoms with E-state index in [4.69, 9.17) is 0 Å². The van der Waals surface area contributed by atoms with E-state index in [0.29, 0.717) is 6.54 Å². The topological polar surface area (TPSA) is 54.0 Å². The number of hydrogen-bond donors (Lipinski definition) is 2. The Morgan fingerprint density at radius 1 is 1.44 bits per heavy atom. The van der Waals surface area contributed by atoms with Crippen LogP contribution in [-0.4, -0.2) is 24.0 Å². The molecule has 0 spiro atoms. The third kappa shape index (κ3) is 3.03. The SMILES string of the molecule is O=C(NCc1ccccn1)C1CCNCC1. The molecule has 1 amide bonds. The first-order chi connectivity index (χ1) is 7.86. The Morgan fingerprint density at radius 3 is 2.94 bits per heavy atom. The molecule has 0 unspecified atom stereocenters. The van der Waals surface area contributed by atoms with Crippen molar-refractivity contribution >= 4 is 5.91 Å². The summed E-state index contributed by atoms with van der Waals surface area (Å²) >= 11 is 0. The maximum Gasteiger partial charge on any atom is 0.223 e. The van der Waals surface area contributed by atoms with Gasteiger partial charge in [0.05, 0.1) is 12.2 Å². The molecule has 2 heterocycles. The van der Waals surface area contributed by atoms with Crippen LogP contribution in [-0.2, 0) is 11.3 Å². The Bertz CT molecular complexity index is 333. The zero-order chi connectivity index (χ0) is 11.2. The molecule has 1 fully saturated rings. The molecule has 2 N–H and O–H groups in total. The van der Waals surface area contributed by atoms with Gasteiger partial charge in [0.2, 0.25) is 5.91 Å². The van der Waals surface area contributed by atoms with Crippen molar-refractivity contribution in [2.75, 3.05) is 13.1 Å². The van der Waals surface area contributed by atoms with Crippen LogP contribution in [0.4, 0.5) is 0 Å². The van der Waals surface area contributed by atoms with Gasteiger partial charge in [0.25, 0.3) is 0 Å². The van der Waals surface area contributed by atoms with Crippen LogP contribution < -0.4 is 10.6 Å². The number of piperidine rings is 1. The van der Waals surface area contributed by atoms with E-state index in [1.807, 2.05) is 18.2 Å². The van der Waals surface area contributed by atoms with Gasteiger partial charge in [-0.15, -0.1) is 0 Å². The highest BCUT2D eigenvalue weighted by Crippen LogP contribution is 2.11. The summed E-state index contributed by atoms with van der Waals surface area (Å²) in [7, 11) is 0. The standard InChI is InChI=1S/C12H17N3O/c16-12(10-4-7-13-8-5-10)15-9-11-3-1-2-6-14-11/h1-3,6,10,13H,4-5,7-9H2,(H,15,16). The van der Waals surface area contributed by atoms with E-state index >= 15 is 0 Å². The summed E-state index contributed by atoms with van der Waals surface area (Å²) in [6.45, 7) is 2.42. The number of carbonyl (C=O) groups is 1. The van der Waals surface area contributed by atoms with Gasteiger partial charge >= 0.3 is 0 Å². The van der Waals surface area contributed by atoms with Crippen molar-refractivity contribution in [1.82, 2.24) is 15.6 Å². The Kier molecular flexibility index (Phi) is 3.88. The van der Waals surface area contributed by atoms with Crippen molar-refractivity contribution in [3.63, 3.8) is 0 Å². The maximum atomic E-state index is 11.8. The lowest BCUT2D eigenvalue weighted by molar-refractivity contribution is -0.125. The Balaban J connectivity index is 1.79. The Labute approximate surface area is 95.5 Å². The highest BCUT2D eigenvalue weighted by atomic mass is 16.1. The normalized spacial score (nSPS) is 17.0. The number of rotatable bonds is 3. The van der Waals surface area contributed by atoms with Crippen molar-refractivity contribution in [2.24, 2.45) is 5.92 Å². The molecule has 4 nitrogen and oxygen atoms in total. The van der Waals surface area contributed by atoms with E-state index < -0.39 is 0 Å². The molecule has 86 valence electrons. The van der Waals surface area contributed by atoms with Crippen molar-refractivity contribution in [2.45, 2.75) is 19.4 Å². The molecule has 1 aromatic heterocycles. The quantitative estimate of drug-likeness (QED) is 0.786. The van der Waals surface area contributed by atoms with Crippen LogP contribution in [0.2, 0.25) is 0 Å². The fourth-order valence-electron chi connectivity index (χ4n) is 1.91. The Hall–Kier alpha value is -1.42. The van der Waals surface area contributed by atoms with Crippen LogP contribution in [0.1, 0.15) is 18.5 Å². The molecule has 16 heavy (non-hydrogen) atoms. The molecular formula is C12H17N3O. The Morgan fingerprint density at radius 2 is 2.25 bits per heavy atom. The molecule has 0 bridgehead atoms. The third-order valence-corrected chi connectivity index (χ3v) is 2.88. The first-order valence-electron chi connectivity index (χ1n) is 5.74. The molecule has 4 heteroatoms. The van der Waals surface area contributed by atoms with E-state index in [-0.39, 0.29) is 11.8 Å². The molecule has 2 rings (SSSR count). The van der Waals surface area contributed by atoms with Crippen molar-refractivity contribution in [3.8, 4) is 0 Å². The molecule has 0 saturated carbocycles. The first-order valence-corrected chi connectivity index (χ1v) is 5.74. The minimum atomic E-state index is 0.159. The summed E-state index contributed by atoms with van der Waals surface area (Å²) in [4.78, 5) is 16.0. The molecular weight excluding hydrogens is 202 g/mol. The second-order valence-electron chi connectivity index (χ2n) is 4.06. The predicted molar refractivity (Wildman–Crippen MR) is 61.7 cm³/mol. The summed E-state index contributed by atoms with van der Waals surface area (Å²) in [6, 6.07) is 5.72. The summed E-state index contributed by atoms with van der Waals surface area (Å²) < 4.78 is 0. The number of pyridine rings is 1. The second-order valence-corrected chi connectivity index (χ2v) is 4.06. The van der Waals surface area contributed by atoms with Crippen molar-refractivity contribution < 1.29 is 4.79 Å². The second kappa shape index (κ2) is 5.61. The van der Waals surface area contributed by atoms with Crippen molar-refractivity contribution in [3.05, 3.63) is 30.1 Å². The van der Waals surface area contributed by atoms with Gasteiger partial charge in [0.1, 0.15) is 0 Å². The zero-order valence-electron chi connectivity index (χ0n) is 9.28. The number of nitrogens with zero attached hydrogens (tertiary/aromatic N) is 1.